The van der Waals surface area contributed by atoms with Gasteiger partial charge in [0.2, 0.25) is 0 Å². The fourth-order valence-corrected chi connectivity index (χ4v) is 4.15. The van der Waals surface area contributed by atoms with Crippen molar-refractivity contribution in [3.63, 3.8) is 0 Å². The summed E-state index contributed by atoms with van der Waals surface area (Å²) in [5.74, 6) is -2.38. The second-order valence-electron chi connectivity index (χ2n) is 9.72. The van der Waals surface area contributed by atoms with Crippen LogP contribution in [0, 0.1) is 0 Å². The van der Waals surface area contributed by atoms with Crippen molar-refractivity contribution < 1.29 is 43.2 Å². The van der Waals surface area contributed by atoms with E-state index in [0.717, 1.165) is 19.3 Å². The first-order chi connectivity index (χ1) is 18.1. The van der Waals surface area contributed by atoms with E-state index in [9.17, 15) is 24.3 Å². The van der Waals surface area contributed by atoms with E-state index in [0.29, 0.717) is 37.7 Å². The summed E-state index contributed by atoms with van der Waals surface area (Å²) in [5.41, 5.74) is -1.77. The van der Waals surface area contributed by atoms with Crippen LogP contribution in [0.2, 0.25) is 0 Å². The van der Waals surface area contributed by atoms with Crippen LogP contribution in [-0.4, -0.2) is 47.0 Å². The summed E-state index contributed by atoms with van der Waals surface area (Å²) in [6, 6.07) is 4.09. The highest BCUT2D eigenvalue weighted by atomic mass is 16.7. The molecule has 0 bridgehead atoms. The number of aliphatic carboxylic acids is 1. The van der Waals surface area contributed by atoms with Gasteiger partial charge >= 0.3 is 24.1 Å². The lowest BCUT2D eigenvalue weighted by molar-refractivity contribution is -0.168. The molecule has 0 amide bonds. The molecule has 1 fully saturated rings. The van der Waals surface area contributed by atoms with Crippen LogP contribution in [0.25, 0.3) is 0 Å². The minimum atomic E-state index is -2.15. The van der Waals surface area contributed by atoms with Gasteiger partial charge in [0.05, 0.1) is 0 Å². The van der Waals surface area contributed by atoms with Crippen LogP contribution in [0.1, 0.15) is 97.5 Å². The monoisotopic (exact) mass is 535 g/mol. The summed E-state index contributed by atoms with van der Waals surface area (Å²) in [7, 11) is 0. The standard InChI is InChI=1S/C28H41NO9/c1-5-11-24(30)36-22-16-15-20(17-23(22)37-25(31)12-6-2)18-28(26(32)33,29-19(4)7-3)38-27(34)35-21-13-9-8-10-14-21/h15-17,19,21,29H,5-14,18H2,1-4H3,(H,32,33)/t19?,28-/m0/s1. The number of carbonyl (C=O) groups is 4. The van der Waals surface area contributed by atoms with E-state index in [-0.39, 0.29) is 42.9 Å². The number of esters is 2. The summed E-state index contributed by atoms with van der Waals surface area (Å²) >= 11 is 0. The first-order valence-electron chi connectivity index (χ1n) is 13.6. The Morgan fingerprint density at radius 2 is 1.58 bits per heavy atom. The lowest BCUT2D eigenvalue weighted by Crippen LogP contribution is -2.59. The summed E-state index contributed by atoms with van der Waals surface area (Å²) in [4.78, 5) is 49.7. The van der Waals surface area contributed by atoms with Gasteiger partial charge in [0, 0.05) is 25.3 Å². The number of carbonyl (C=O) groups excluding carboxylic acids is 3. The van der Waals surface area contributed by atoms with Crippen molar-refractivity contribution >= 4 is 24.1 Å². The normalized spacial score (nSPS) is 16.1. The Balaban J connectivity index is 2.38. The summed E-state index contributed by atoms with van der Waals surface area (Å²) < 4.78 is 21.8. The quantitative estimate of drug-likeness (QED) is 0.183. The predicted molar refractivity (Wildman–Crippen MR) is 139 cm³/mol. The molecule has 10 heteroatoms. The Hall–Kier alpha value is -3.14. The van der Waals surface area contributed by atoms with Crippen LogP contribution < -0.4 is 14.8 Å². The van der Waals surface area contributed by atoms with E-state index < -0.39 is 29.8 Å². The Bertz CT molecular complexity index is 958. The highest BCUT2D eigenvalue weighted by molar-refractivity contribution is 5.81. The number of carboxylic acid groups (broad SMARTS) is 1. The molecule has 1 aliphatic carbocycles. The smallest absolute Gasteiger partial charge is 0.477 e. The molecule has 2 N–H and O–H groups in total. The van der Waals surface area contributed by atoms with Crippen molar-refractivity contribution in [3.8, 4) is 11.5 Å². The van der Waals surface area contributed by atoms with Crippen LogP contribution in [0.3, 0.4) is 0 Å². The SMILES string of the molecule is CCCC(=O)Oc1ccc(C[C@](NC(C)CC)(OC(=O)OC2CCCCC2)C(=O)O)cc1OC(=O)CCC. The Morgan fingerprint density at radius 1 is 0.974 bits per heavy atom. The zero-order chi connectivity index (χ0) is 28.1. The second kappa shape index (κ2) is 15.3. The highest BCUT2D eigenvalue weighted by Gasteiger charge is 2.45. The molecule has 1 aromatic rings. The van der Waals surface area contributed by atoms with Crippen molar-refractivity contribution in [2.24, 2.45) is 0 Å². The van der Waals surface area contributed by atoms with Crippen molar-refractivity contribution in [1.29, 1.82) is 0 Å². The number of hydrogen-bond acceptors (Lipinski definition) is 9. The van der Waals surface area contributed by atoms with Crippen LogP contribution in [0.5, 0.6) is 11.5 Å². The zero-order valence-corrected chi connectivity index (χ0v) is 22.9. The molecule has 1 unspecified atom stereocenters. The molecule has 1 aliphatic rings. The zero-order valence-electron chi connectivity index (χ0n) is 22.9. The van der Waals surface area contributed by atoms with E-state index in [2.05, 4.69) is 5.32 Å². The van der Waals surface area contributed by atoms with E-state index in [1.165, 1.54) is 18.2 Å². The molecule has 2 atom stereocenters. The third kappa shape index (κ3) is 9.63. The number of hydrogen-bond donors (Lipinski definition) is 2. The summed E-state index contributed by atoms with van der Waals surface area (Å²) in [5, 5.41) is 13.2. The van der Waals surface area contributed by atoms with Gasteiger partial charge in [-0.2, -0.15) is 0 Å². The number of nitrogens with one attached hydrogen (secondary N) is 1. The van der Waals surface area contributed by atoms with Gasteiger partial charge in [-0.25, -0.2) is 9.59 Å². The first-order valence-corrected chi connectivity index (χ1v) is 13.6. The minimum Gasteiger partial charge on any atom is -0.477 e. The molecule has 10 nitrogen and oxygen atoms in total. The average molecular weight is 536 g/mol. The fraction of sp³-hybridized carbons (Fsp3) is 0.643. The third-order valence-electron chi connectivity index (χ3n) is 6.33. The summed E-state index contributed by atoms with van der Waals surface area (Å²) in [6.07, 6.45) is 4.72. The molecule has 0 aliphatic heterocycles. The van der Waals surface area contributed by atoms with Crippen molar-refractivity contribution in [1.82, 2.24) is 5.32 Å². The molecule has 0 aromatic heterocycles. The van der Waals surface area contributed by atoms with Crippen molar-refractivity contribution in [2.45, 2.75) is 116 Å². The topological polar surface area (TPSA) is 137 Å². The average Bonchev–Trinajstić information content (AvgIpc) is 2.86. The fourth-order valence-electron chi connectivity index (χ4n) is 4.15. The van der Waals surface area contributed by atoms with Gasteiger partial charge < -0.3 is 24.1 Å². The van der Waals surface area contributed by atoms with E-state index in [4.69, 9.17) is 18.9 Å². The largest absolute Gasteiger partial charge is 0.510 e. The maximum Gasteiger partial charge on any atom is 0.510 e. The lowest BCUT2D eigenvalue weighted by atomic mass is 9.98. The lowest BCUT2D eigenvalue weighted by Gasteiger charge is -2.33. The van der Waals surface area contributed by atoms with Gasteiger partial charge in [0.25, 0.3) is 5.72 Å². The Kier molecular flexibility index (Phi) is 12.5. The molecule has 0 saturated heterocycles. The molecular formula is C28H41NO9. The molecule has 1 aromatic carbocycles. The second-order valence-corrected chi connectivity index (χ2v) is 9.72. The maximum absolute atomic E-state index is 12.7. The molecular weight excluding hydrogens is 494 g/mol. The van der Waals surface area contributed by atoms with Crippen LogP contribution in [-0.2, 0) is 30.3 Å². The molecule has 38 heavy (non-hydrogen) atoms. The van der Waals surface area contributed by atoms with Gasteiger partial charge in [-0.1, -0.05) is 33.3 Å². The minimum absolute atomic E-state index is 0.0157. The Labute approximate surface area is 224 Å². The van der Waals surface area contributed by atoms with E-state index in [1.807, 2.05) is 20.8 Å². The number of benzene rings is 1. The molecule has 0 heterocycles. The van der Waals surface area contributed by atoms with Crippen LogP contribution in [0.4, 0.5) is 4.79 Å². The maximum atomic E-state index is 12.7. The molecule has 1 saturated carbocycles. The number of rotatable bonds is 14. The highest BCUT2D eigenvalue weighted by Crippen LogP contribution is 2.32. The molecule has 0 spiro atoms. The van der Waals surface area contributed by atoms with Gasteiger partial charge in [0.1, 0.15) is 6.10 Å². The van der Waals surface area contributed by atoms with E-state index in [1.54, 1.807) is 6.92 Å². The molecule has 212 valence electrons. The summed E-state index contributed by atoms with van der Waals surface area (Å²) in [6.45, 7) is 7.31. The molecule has 0 radical (unpaired) electrons. The van der Waals surface area contributed by atoms with Crippen LogP contribution in [0.15, 0.2) is 18.2 Å². The van der Waals surface area contributed by atoms with Gasteiger partial charge in [0.15, 0.2) is 11.5 Å². The van der Waals surface area contributed by atoms with Gasteiger partial charge in [-0.05, 0) is 69.6 Å². The van der Waals surface area contributed by atoms with E-state index >= 15 is 0 Å². The molecule has 2 rings (SSSR count). The van der Waals surface area contributed by atoms with Crippen molar-refractivity contribution in [2.75, 3.05) is 0 Å². The number of carboxylic acids is 1. The third-order valence-corrected chi connectivity index (χ3v) is 6.33. The predicted octanol–water partition coefficient (Wildman–Crippen LogP) is 5.30. The van der Waals surface area contributed by atoms with Crippen molar-refractivity contribution in [3.05, 3.63) is 23.8 Å². The van der Waals surface area contributed by atoms with Gasteiger partial charge in [-0.3, -0.25) is 14.9 Å². The van der Waals surface area contributed by atoms with Gasteiger partial charge in [-0.15, -0.1) is 0 Å². The number of ether oxygens (including phenoxy) is 4. The first kappa shape index (κ1) is 31.1. The van der Waals surface area contributed by atoms with Crippen LogP contribution >= 0.6 is 0 Å². The Morgan fingerprint density at radius 3 is 2.13 bits per heavy atom.